The standard InChI is InChI=1S/C13H19FN2O/c1-9-7-16(8-10(2)17-9)13-5-4-11(15-3)6-12(13)14/h4-6,9-10,15H,7-8H2,1-3H3/t9-,10+. The van der Waals surface area contributed by atoms with Crippen LogP contribution < -0.4 is 10.2 Å². The monoisotopic (exact) mass is 238 g/mol. The molecule has 1 aromatic carbocycles. The minimum atomic E-state index is -0.182. The van der Waals surface area contributed by atoms with Gasteiger partial charge in [0.1, 0.15) is 5.82 Å². The highest BCUT2D eigenvalue weighted by atomic mass is 19.1. The summed E-state index contributed by atoms with van der Waals surface area (Å²) in [5.74, 6) is -0.182. The molecule has 1 saturated heterocycles. The van der Waals surface area contributed by atoms with Crippen LogP contribution in [0, 0.1) is 5.82 Å². The van der Waals surface area contributed by atoms with Crippen LogP contribution >= 0.6 is 0 Å². The Bertz CT molecular complexity index is 387. The van der Waals surface area contributed by atoms with Crippen LogP contribution in [-0.2, 0) is 4.74 Å². The van der Waals surface area contributed by atoms with Crippen LogP contribution in [0.3, 0.4) is 0 Å². The average molecular weight is 238 g/mol. The summed E-state index contributed by atoms with van der Waals surface area (Å²) in [6.45, 7) is 5.51. The van der Waals surface area contributed by atoms with E-state index in [4.69, 9.17) is 4.74 Å². The molecule has 1 fully saturated rings. The predicted octanol–water partition coefficient (Wildman–Crippen LogP) is 2.48. The van der Waals surface area contributed by atoms with Gasteiger partial charge in [-0.3, -0.25) is 0 Å². The van der Waals surface area contributed by atoms with E-state index in [-0.39, 0.29) is 18.0 Å². The number of morpholine rings is 1. The first-order chi connectivity index (χ1) is 8.10. The van der Waals surface area contributed by atoms with Gasteiger partial charge in [0.15, 0.2) is 0 Å². The second-order valence-electron chi connectivity index (χ2n) is 4.58. The minimum Gasteiger partial charge on any atom is -0.388 e. The third kappa shape index (κ3) is 2.69. The van der Waals surface area contributed by atoms with Gasteiger partial charge in [0, 0.05) is 25.8 Å². The number of benzene rings is 1. The van der Waals surface area contributed by atoms with E-state index in [0.29, 0.717) is 5.69 Å². The lowest BCUT2D eigenvalue weighted by atomic mass is 10.2. The molecule has 2 atom stereocenters. The van der Waals surface area contributed by atoms with Gasteiger partial charge >= 0.3 is 0 Å². The van der Waals surface area contributed by atoms with Crippen molar-refractivity contribution in [2.45, 2.75) is 26.1 Å². The summed E-state index contributed by atoms with van der Waals surface area (Å²) in [4.78, 5) is 2.05. The van der Waals surface area contributed by atoms with E-state index < -0.39 is 0 Å². The maximum Gasteiger partial charge on any atom is 0.148 e. The Morgan fingerprint density at radius 1 is 1.29 bits per heavy atom. The second kappa shape index (κ2) is 4.92. The number of ether oxygens (including phenoxy) is 1. The number of anilines is 2. The first-order valence-corrected chi connectivity index (χ1v) is 5.98. The molecule has 1 aliphatic heterocycles. The molecule has 0 radical (unpaired) electrons. The Kier molecular flexibility index (Phi) is 3.52. The zero-order chi connectivity index (χ0) is 12.4. The smallest absolute Gasteiger partial charge is 0.148 e. The molecular formula is C13H19FN2O. The third-order valence-electron chi connectivity index (χ3n) is 3.00. The van der Waals surface area contributed by atoms with E-state index in [1.54, 1.807) is 7.05 Å². The maximum absolute atomic E-state index is 14.0. The number of rotatable bonds is 2. The van der Waals surface area contributed by atoms with Crippen LogP contribution in [0.15, 0.2) is 18.2 Å². The molecule has 1 N–H and O–H groups in total. The van der Waals surface area contributed by atoms with Crippen molar-refractivity contribution in [3.8, 4) is 0 Å². The predicted molar refractivity (Wildman–Crippen MR) is 68.2 cm³/mol. The molecule has 3 nitrogen and oxygen atoms in total. The number of halogens is 1. The third-order valence-corrected chi connectivity index (χ3v) is 3.00. The molecule has 0 unspecified atom stereocenters. The molecule has 94 valence electrons. The molecular weight excluding hydrogens is 219 g/mol. The van der Waals surface area contributed by atoms with E-state index in [9.17, 15) is 4.39 Å². The van der Waals surface area contributed by atoms with Crippen LogP contribution in [-0.4, -0.2) is 32.3 Å². The Balaban J connectivity index is 2.21. The fourth-order valence-corrected chi connectivity index (χ4v) is 2.29. The lowest BCUT2D eigenvalue weighted by Gasteiger charge is -2.37. The first kappa shape index (κ1) is 12.2. The van der Waals surface area contributed by atoms with E-state index >= 15 is 0 Å². The van der Waals surface area contributed by atoms with E-state index in [1.165, 1.54) is 6.07 Å². The van der Waals surface area contributed by atoms with Crippen LogP contribution in [0.2, 0.25) is 0 Å². The summed E-state index contributed by atoms with van der Waals surface area (Å²) in [5.41, 5.74) is 1.45. The molecule has 1 aliphatic rings. The summed E-state index contributed by atoms with van der Waals surface area (Å²) in [6, 6.07) is 5.25. The van der Waals surface area contributed by atoms with E-state index in [0.717, 1.165) is 18.8 Å². The van der Waals surface area contributed by atoms with Gasteiger partial charge in [0.25, 0.3) is 0 Å². The Hall–Kier alpha value is -1.29. The van der Waals surface area contributed by atoms with Gasteiger partial charge in [-0.05, 0) is 32.0 Å². The van der Waals surface area contributed by atoms with Crippen molar-refractivity contribution in [2.75, 3.05) is 30.4 Å². The van der Waals surface area contributed by atoms with Crippen LogP contribution in [0.1, 0.15) is 13.8 Å². The molecule has 0 aliphatic carbocycles. The van der Waals surface area contributed by atoms with Crippen molar-refractivity contribution in [2.24, 2.45) is 0 Å². The number of nitrogens with zero attached hydrogens (tertiary/aromatic N) is 1. The molecule has 17 heavy (non-hydrogen) atoms. The zero-order valence-corrected chi connectivity index (χ0v) is 10.5. The van der Waals surface area contributed by atoms with Gasteiger partial charge in [0.05, 0.1) is 17.9 Å². The van der Waals surface area contributed by atoms with Crippen molar-refractivity contribution in [1.82, 2.24) is 0 Å². The molecule has 0 spiro atoms. The Morgan fingerprint density at radius 3 is 2.47 bits per heavy atom. The summed E-state index contributed by atoms with van der Waals surface area (Å²) in [6.07, 6.45) is 0.282. The first-order valence-electron chi connectivity index (χ1n) is 5.98. The van der Waals surface area contributed by atoms with Crippen molar-refractivity contribution < 1.29 is 9.13 Å². The molecule has 0 bridgehead atoms. The Morgan fingerprint density at radius 2 is 1.94 bits per heavy atom. The van der Waals surface area contributed by atoms with Gasteiger partial charge < -0.3 is 15.0 Å². The van der Waals surface area contributed by atoms with Crippen molar-refractivity contribution in [3.05, 3.63) is 24.0 Å². The molecule has 2 rings (SSSR count). The van der Waals surface area contributed by atoms with Gasteiger partial charge in [-0.25, -0.2) is 4.39 Å². The van der Waals surface area contributed by atoms with Gasteiger partial charge in [-0.15, -0.1) is 0 Å². The highest BCUT2D eigenvalue weighted by molar-refractivity contribution is 5.56. The number of hydrogen-bond acceptors (Lipinski definition) is 3. The number of nitrogens with one attached hydrogen (secondary N) is 1. The van der Waals surface area contributed by atoms with E-state index in [1.807, 2.05) is 30.9 Å². The fraction of sp³-hybridized carbons (Fsp3) is 0.538. The van der Waals surface area contributed by atoms with E-state index in [2.05, 4.69) is 5.32 Å². The van der Waals surface area contributed by atoms with Crippen LogP contribution in [0.25, 0.3) is 0 Å². The highest BCUT2D eigenvalue weighted by Crippen LogP contribution is 2.25. The fourth-order valence-electron chi connectivity index (χ4n) is 2.29. The molecule has 1 aromatic rings. The summed E-state index contributed by atoms with van der Waals surface area (Å²) in [5, 5.41) is 2.93. The molecule has 4 heteroatoms. The average Bonchev–Trinajstić information content (AvgIpc) is 2.27. The molecule has 0 aromatic heterocycles. The van der Waals surface area contributed by atoms with Crippen LogP contribution in [0.4, 0.5) is 15.8 Å². The lowest BCUT2D eigenvalue weighted by molar-refractivity contribution is -0.00539. The van der Waals surface area contributed by atoms with Crippen molar-refractivity contribution in [1.29, 1.82) is 0 Å². The molecule has 0 saturated carbocycles. The summed E-state index contributed by atoms with van der Waals surface area (Å²) < 4.78 is 19.6. The SMILES string of the molecule is CNc1ccc(N2C[C@@H](C)O[C@@H](C)C2)c(F)c1. The molecule has 1 heterocycles. The highest BCUT2D eigenvalue weighted by Gasteiger charge is 2.24. The minimum absolute atomic E-state index is 0.141. The molecule has 0 amide bonds. The summed E-state index contributed by atoms with van der Waals surface area (Å²) in [7, 11) is 1.79. The van der Waals surface area contributed by atoms with Crippen LogP contribution in [0.5, 0.6) is 0 Å². The van der Waals surface area contributed by atoms with Gasteiger partial charge in [-0.2, -0.15) is 0 Å². The van der Waals surface area contributed by atoms with Crippen molar-refractivity contribution >= 4 is 11.4 Å². The van der Waals surface area contributed by atoms with Gasteiger partial charge in [-0.1, -0.05) is 0 Å². The lowest BCUT2D eigenvalue weighted by Crippen LogP contribution is -2.45. The number of hydrogen-bond donors (Lipinski definition) is 1. The second-order valence-corrected chi connectivity index (χ2v) is 4.58. The summed E-state index contributed by atoms with van der Waals surface area (Å²) >= 11 is 0. The Labute approximate surface area is 102 Å². The maximum atomic E-state index is 14.0. The quantitative estimate of drug-likeness (QED) is 0.856. The van der Waals surface area contributed by atoms with Gasteiger partial charge in [0.2, 0.25) is 0 Å². The normalized spacial score (nSPS) is 24.8. The zero-order valence-electron chi connectivity index (χ0n) is 10.5. The largest absolute Gasteiger partial charge is 0.388 e. The van der Waals surface area contributed by atoms with Crippen molar-refractivity contribution in [3.63, 3.8) is 0 Å². The topological polar surface area (TPSA) is 24.5 Å².